The summed E-state index contributed by atoms with van der Waals surface area (Å²) in [6.07, 6.45) is 0. The fourth-order valence-electron chi connectivity index (χ4n) is 1.61. The second kappa shape index (κ2) is 5.22. The smallest absolute Gasteiger partial charge is 0.253 e. The molecule has 1 aromatic heterocycles. The highest BCUT2D eigenvalue weighted by atomic mass is 19.1. The van der Waals surface area contributed by atoms with Crippen LogP contribution in [0.1, 0.15) is 25.8 Å². The Labute approximate surface area is 103 Å². The molecule has 0 aliphatic carbocycles. The fraction of sp³-hybridized carbons (Fsp3) is 0.333. The minimum Gasteiger partial charge on any atom is -0.419 e. The summed E-state index contributed by atoms with van der Waals surface area (Å²) in [5.41, 5.74) is -0.292. The van der Waals surface area contributed by atoms with Crippen LogP contribution in [-0.4, -0.2) is 16.7 Å². The van der Waals surface area contributed by atoms with E-state index in [0.29, 0.717) is 5.89 Å². The Bertz CT molecular complexity index is 522. The molecule has 1 N–H and O–H groups in total. The molecule has 1 unspecified atom stereocenters. The van der Waals surface area contributed by atoms with Gasteiger partial charge in [-0.1, -0.05) is 13.0 Å². The quantitative estimate of drug-likeness (QED) is 0.910. The largest absolute Gasteiger partial charge is 0.419 e. The van der Waals surface area contributed by atoms with Crippen molar-refractivity contribution >= 4 is 0 Å². The number of benzene rings is 1. The lowest BCUT2D eigenvalue weighted by molar-refractivity contribution is 0.425. The first-order valence-electron chi connectivity index (χ1n) is 5.64. The SMILES string of the molecule is CCNC(C)c1nnc(-c2c(F)cccc2F)o1. The minimum atomic E-state index is -0.721. The third-order valence-corrected chi connectivity index (χ3v) is 2.50. The summed E-state index contributed by atoms with van der Waals surface area (Å²) >= 11 is 0. The Balaban J connectivity index is 2.35. The molecule has 0 saturated carbocycles. The molecule has 0 fully saturated rings. The van der Waals surface area contributed by atoms with Crippen LogP contribution in [-0.2, 0) is 0 Å². The predicted molar refractivity (Wildman–Crippen MR) is 61.7 cm³/mol. The van der Waals surface area contributed by atoms with Gasteiger partial charge < -0.3 is 9.73 Å². The Kier molecular flexibility index (Phi) is 3.66. The zero-order valence-electron chi connectivity index (χ0n) is 10.1. The molecule has 96 valence electrons. The van der Waals surface area contributed by atoms with Crippen molar-refractivity contribution in [3.05, 3.63) is 35.7 Å². The van der Waals surface area contributed by atoms with Gasteiger partial charge in [0, 0.05) is 0 Å². The molecule has 0 aliphatic heterocycles. The summed E-state index contributed by atoms with van der Waals surface area (Å²) in [5.74, 6) is -1.29. The van der Waals surface area contributed by atoms with Gasteiger partial charge in [0.05, 0.1) is 6.04 Å². The van der Waals surface area contributed by atoms with Crippen LogP contribution in [0, 0.1) is 11.6 Å². The van der Waals surface area contributed by atoms with Crippen LogP contribution in [0.2, 0.25) is 0 Å². The molecular formula is C12H13F2N3O. The van der Waals surface area contributed by atoms with Gasteiger partial charge in [-0.05, 0) is 25.6 Å². The zero-order valence-corrected chi connectivity index (χ0v) is 10.1. The number of nitrogens with zero attached hydrogens (tertiary/aromatic N) is 2. The van der Waals surface area contributed by atoms with E-state index >= 15 is 0 Å². The van der Waals surface area contributed by atoms with Gasteiger partial charge in [-0.25, -0.2) is 8.78 Å². The Hall–Kier alpha value is -1.82. The number of nitrogens with one attached hydrogen (secondary N) is 1. The van der Waals surface area contributed by atoms with Crippen LogP contribution in [0.5, 0.6) is 0 Å². The summed E-state index contributed by atoms with van der Waals surface area (Å²) in [4.78, 5) is 0. The molecule has 0 bridgehead atoms. The average Bonchev–Trinajstić information content (AvgIpc) is 2.78. The molecule has 1 atom stereocenters. The molecule has 0 spiro atoms. The lowest BCUT2D eigenvalue weighted by Crippen LogP contribution is -2.17. The van der Waals surface area contributed by atoms with Crippen molar-refractivity contribution in [1.29, 1.82) is 0 Å². The highest BCUT2D eigenvalue weighted by Gasteiger charge is 2.19. The van der Waals surface area contributed by atoms with E-state index < -0.39 is 11.6 Å². The van der Waals surface area contributed by atoms with E-state index in [4.69, 9.17) is 4.42 Å². The standard InChI is InChI=1S/C12H13F2N3O/c1-3-15-7(2)11-16-17-12(18-11)10-8(13)5-4-6-9(10)14/h4-7,15H,3H2,1-2H3. The van der Waals surface area contributed by atoms with Crippen molar-refractivity contribution < 1.29 is 13.2 Å². The Morgan fingerprint density at radius 1 is 1.28 bits per heavy atom. The van der Waals surface area contributed by atoms with Gasteiger partial charge in [0.15, 0.2) is 0 Å². The van der Waals surface area contributed by atoms with Crippen LogP contribution >= 0.6 is 0 Å². The minimum absolute atomic E-state index is 0.148. The van der Waals surface area contributed by atoms with Gasteiger partial charge >= 0.3 is 0 Å². The number of rotatable bonds is 4. The molecule has 2 rings (SSSR count). The Morgan fingerprint density at radius 3 is 2.56 bits per heavy atom. The van der Waals surface area contributed by atoms with E-state index in [1.165, 1.54) is 6.07 Å². The molecule has 0 amide bonds. The molecule has 18 heavy (non-hydrogen) atoms. The second-order valence-corrected chi connectivity index (χ2v) is 3.82. The van der Waals surface area contributed by atoms with E-state index in [-0.39, 0.29) is 17.5 Å². The van der Waals surface area contributed by atoms with Crippen molar-refractivity contribution in [2.24, 2.45) is 0 Å². The number of hydrogen-bond acceptors (Lipinski definition) is 4. The highest BCUT2D eigenvalue weighted by Crippen LogP contribution is 2.25. The highest BCUT2D eigenvalue weighted by molar-refractivity contribution is 5.54. The van der Waals surface area contributed by atoms with E-state index in [1.54, 1.807) is 0 Å². The van der Waals surface area contributed by atoms with Gasteiger partial charge in [-0.15, -0.1) is 10.2 Å². The first-order chi connectivity index (χ1) is 8.63. The molecule has 6 heteroatoms. The van der Waals surface area contributed by atoms with Gasteiger partial charge in [-0.2, -0.15) is 0 Å². The van der Waals surface area contributed by atoms with E-state index in [0.717, 1.165) is 18.7 Å². The summed E-state index contributed by atoms with van der Waals surface area (Å²) < 4.78 is 32.3. The third kappa shape index (κ3) is 2.38. The Morgan fingerprint density at radius 2 is 1.94 bits per heavy atom. The van der Waals surface area contributed by atoms with Gasteiger partial charge in [-0.3, -0.25) is 0 Å². The first kappa shape index (κ1) is 12.6. The van der Waals surface area contributed by atoms with Crippen molar-refractivity contribution in [1.82, 2.24) is 15.5 Å². The van der Waals surface area contributed by atoms with Gasteiger partial charge in [0.1, 0.15) is 17.2 Å². The van der Waals surface area contributed by atoms with Crippen LogP contribution in [0.25, 0.3) is 11.5 Å². The summed E-state index contributed by atoms with van der Waals surface area (Å²) in [6.45, 7) is 4.50. The maximum atomic E-state index is 13.5. The zero-order chi connectivity index (χ0) is 13.1. The molecular weight excluding hydrogens is 240 g/mol. The molecule has 0 saturated heterocycles. The second-order valence-electron chi connectivity index (χ2n) is 3.82. The summed E-state index contributed by atoms with van der Waals surface area (Å²) in [7, 11) is 0. The van der Waals surface area contributed by atoms with Crippen LogP contribution in [0.3, 0.4) is 0 Å². The first-order valence-corrected chi connectivity index (χ1v) is 5.64. The van der Waals surface area contributed by atoms with Gasteiger partial charge in [0.2, 0.25) is 5.89 Å². The van der Waals surface area contributed by atoms with E-state index in [1.807, 2.05) is 13.8 Å². The molecule has 4 nitrogen and oxygen atoms in total. The topological polar surface area (TPSA) is 51.0 Å². The van der Waals surface area contributed by atoms with Crippen molar-refractivity contribution in [3.8, 4) is 11.5 Å². The van der Waals surface area contributed by atoms with E-state index in [2.05, 4.69) is 15.5 Å². The van der Waals surface area contributed by atoms with Gasteiger partial charge in [0.25, 0.3) is 5.89 Å². The molecule has 1 heterocycles. The van der Waals surface area contributed by atoms with Crippen molar-refractivity contribution in [3.63, 3.8) is 0 Å². The monoisotopic (exact) mass is 253 g/mol. The molecule has 0 aliphatic rings. The van der Waals surface area contributed by atoms with Crippen LogP contribution < -0.4 is 5.32 Å². The third-order valence-electron chi connectivity index (χ3n) is 2.50. The summed E-state index contributed by atoms with van der Waals surface area (Å²) in [5, 5.41) is 10.5. The number of hydrogen-bond donors (Lipinski definition) is 1. The molecule has 0 radical (unpaired) electrons. The number of aromatic nitrogens is 2. The predicted octanol–water partition coefficient (Wildman–Crippen LogP) is 2.69. The van der Waals surface area contributed by atoms with Crippen molar-refractivity contribution in [2.75, 3.05) is 6.54 Å². The maximum Gasteiger partial charge on any atom is 0.253 e. The lowest BCUT2D eigenvalue weighted by atomic mass is 10.2. The molecule has 2 aromatic rings. The van der Waals surface area contributed by atoms with Crippen molar-refractivity contribution in [2.45, 2.75) is 19.9 Å². The van der Waals surface area contributed by atoms with Crippen LogP contribution in [0.15, 0.2) is 22.6 Å². The maximum absolute atomic E-state index is 13.5. The summed E-state index contributed by atoms with van der Waals surface area (Å²) in [6, 6.07) is 3.42. The normalized spacial score (nSPS) is 12.7. The van der Waals surface area contributed by atoms with Crippen LogP contribution in [0.4, 0.5) is 8.78 Å². The van der Waals surface area contributed by atoms with E-state index in [9.17, 15) is 8.78 Å². The molecule has 1 aromatic carbocycles. The fourth-order valence-corrected chi connectivity index (χ4v) is 1.61. The average molecular weight is 253 g/mol. The lowest BCUT2D eigenvalue weighted by Gasteiger charge is -2.05. The number of halogens is 2.